The van der Waals surface area contributed by atoms with Gasteiger partial charge in [0.2, 0.25) is 0 Å². The van der Waals surface area contributed by atoms with E-state index in [9.17, 15) is 4.79 Å². The molecular formula is C13H24O3. The van der Waals surface area contributed by atoms with Gasteiger partial charge in [0, 0.05) is 6.42 Å². The van der Waals surface area contributed by atoms with E-state index in [1.807, 2.05) is 6.08 Å². The molecule has 0 rings (SSSR count). The van der Waals surface area contributed by atoms with Crippen molar-refractivity contribution in [2.45, 2.75) is 51.9 Å². The summed E-state index contributed by atoms with van der Waals surface area (Å²) in [5.41, 5.74) is 0. The Morgan fingerprint density at radius 2 is 1.94 bits per heavy atom. The van der Waals surface area contributed by atoms with Gasteiger partial charge in [-0.05, 0) is 25.3 Å². The van der Waals surface area contributed by atoms with Crippen molar-refractivity contribution in [3.8, 4) is 0 Å². The standard InChI is InChI=1S/C13H24O3/c1-2-3-4-8-11-15-13-16-12-9-6-5-7-10-14/h9-10,12H,2-8,11,13H2,1H3. The molecule has 3 nitrogen and oxygen atoms in total. The fourth-order valence-electron chi connectivity index (χ4n) is 1.23. The normalized spacial score (nSPS) is 10.8. The first kappa shape index (κ1) is 15.2. The molecular weight excluding hydrogens is 204 g/mol. The largest absolute Gasteiger partial charge is 0.475 e. The van der Waals surface area contributed by atoms with E-state index in [0.717, 1.165) is 32.2 Å². The molecule has 0 heterocycles. The Morgan fingerprint density at radius 3 is 2.69 bits per heavy atom. The minimum absolute atomic E-state index is 0.330. The van der Waals surface area contributed by atoms with Crippen LogP contribution in [0.1, 0.15) is 51.9 Å². The van der Waals surface area contributed by atoms with Crippen LogP contribution in [0, 0.1) is 0 Å². The smallest absolute Gasteiger partial charge is 0.188 e. The van der Waals surface area contributed by atoms with E-state index < -0.39 is 0 Å². The number of hydrogen-bond acceptors (Lipinski definition) is 3. The van der Waals surface area contributed by atoms with E-state index in [1.165, 1.54) is 19.3 Å². The molecule has 0 saturated heterocycles. The zero-order valence-corrected chi connectivity index (χ0v) is 10.3. The lowest BCUT2D eigenvalue weighted by Crippen LogP contribution is -1.97. The van der Waals surface area contributed by atoms with Crippen molar-refractivity contribution in [1.82, 2.24) is 0 Å². The van der Waals surface area contributed by atoms with E-state index >= 15 is 0 Å². The zero-order chi connectivity index (χ0) is 11.9. The van der Waals surface area contributed by atoms with Crippen LogP contribution in [0.5, 0.6) is 0 Å². The maximum Gasteiger partial charge on any atom is 0.188 e. The number of carbonyl (C=O) groups is 1. The van der Waals surface area contributed by atoms with Crippen LogP contribution in [-0.4, -0.2) is 19.7 Å². The summed E-state index contributed by atoms with van der Waals surface area (Å²) in [6.07, 6.45) is 11.8. The lowest BCUT2D eigenvalue weighted by Gasteiger charge is -2.02. The van der Waals surface area contributed by atoms with Crippen molar-refractivity contribution in [2.75, 3.05) is 13.4 Å². The number of hydrogen-bond donors (Lipinski definition) is 0. The third-order valence-corrected chi connectivity index (χ3v) is 2.18. The van der Waals surface area contributed by atoms with Crippen molar-refractivity contribution in [1.29, 1.82) is 0 Å². The van der Waals surface area contributed by atoms with Crippen molar-refractivity contribution in [3.63, 3.8) is 0 Å². The maximum atomic E-state index is 10.0. The minimum Gasteiger partial charge on any atom is -0.475 e. The van der Waals surface area contributed by atoms with E-state index in [1.54, 1.807) is 6.26 Å². The molecule has 0 aromatic rings. The average molecular weight is 228 g/mol. The van der Waals surface area contributed by atoms with Gasteiger partial charge in [-0.1, -0.05) is 26.2 Å². The Morgan fingerprint density at radius 1 is 1.06 bits per heavy atom. The zero-order valence-electron chi connectivity index (χ0n) is 10.3. The second-order valence-corrected chi connectivity index (χ2v) is 3.72. The minimum atomic E-state index is 0.330. The molecule has 0 aliphatic heterocycles. The van der Waals surface area contributed by atoms with Crippen LogP contribution in [0.4, 0.5) is 0 Å². The molecule has 0 unspecified atom stereocenters. The highest BCUT2D eigenvalue weighted by atomic mass is 16.7. The summed E-state index contributed by atoms with van der Waals surface area (Å²) in [4.78, 5) is 10.0. The first-order valence-corrected chi connectivity index (χ1v) is 6.19. The maximum absolute atomic E-state index is 10.0. The summed E-state index contributed by atoms with van der Waals surface area (Å²) in [6, 6.07) is 0. The molecule has 0 aromatic carbocycles. The topological polar surface area (TPSA) is 35.5 Å². The first-order valence-electron chi connectivity index (χ1n) is 6.19. The van der Waals surface area contributed by atoms with Gasteiger partial charge in [-0.3, -0.25) is 0 Å². The number of unbranched alkanes of at least 4 members (excludes halogenated alkanes) is 5. The monoisotopic (exact) mass is 228 g/mol. The van der Waals surface area contributed by atoms with Gasteiger partial charge in [-0.25, -0.2) is 0 Å². The average Bonchev–Trinajstić information content (AvgIpc) is 2.31. The summed E-state index contributed by atoms with van der Waals surface area (Å²) in [7, 11) is 0. The van der Waals surface area contributed by atoms with Crippen LogP contribution in [0.25, 0.3) is 0 Å². The van der Waals surface area contributed by atoms with Crippen molar-refractivity contribution in [3.05, 3.63) is 12.3 Å². The molecule has 3 heteroatoms. The van der Waals surface area contributed by atoms with Crippen LogP contribution < -0.4 is 0 Å². The molecule has 0 amide bonds. The van der Waals surface area contributed by atoms with Gasteiger partial charge in [0.25, 0.3) is 0 Å². The van der Waals surface area contributed by atoms with Crippen LogP contribution in [0.3, 0.4) is 0 Å². The third kappa shape index (κ3) is 13.2. The third-order valence-electron chi connectivity index (χ3n) is 2.18. The summed E-state index contributed by atoms with van der Waals surface area (Å²) in [5.74, 6) is 0. The van der Waals surface area contributed by atoms with Crippen LogP contribution in [0.15, 0.2) is 12.3 Å². The molecule has 0 aromatic heterocycles. The quantitative estimate of drug-likeness (QED) is 0.222. The Bertz CT molecular complexity index is 167. The number of ether oxygens (including phenoxy) is 2. The number of allylic oxidation sites excluding steroid dienone is 1. The number of carbonyl (C=O) groups excluding carboxylic acids is 1. The first-order chi connectivity index (χ1) is 7.91. The predicted molar refractivity (Wildman–Crippen MR) is 65.1 cm³/mol. The van der Waals surface area contributed by atoms with E-state index in [2.05, 4.69) is 6.92 Å². The van der Waals surface area contributed by atoms with Crippen LogP contribution >= 0.6 is 0 Å². The van der Waals surface area contributed by atoms with Gasteiger partial charge in [-0.15, -0.1) is 0 Å². The lowest BCUT2D eigenvalue weighted by molar-refractivity contribution is -0.107. The highest BCUT2D eigenvalue weighted by Crippen LogP contribution is 1.99. The van der Waals surface area contributed by atoms with Gasteiger partial charge >= 0.3 is 0 Å². The van der Waals surface area contributed by atoms with Crippen LogP contribution in [-0.2, 0) is 14.3 Å². The van der Waals surface area contributed by atoms with Crippen molar-refractivity contribution >= 4 is 6.29 Å². The summed E-state index contributed by atoms with van der Waals surface area (Å²) in [6.45, 7) is 3.30. The highest BCUT2D eigenvalue weighted by Gasteiger charge is 1.88. The van der Waals surface area contributed by atoms with E-state index in [4.69, 9.17) is 9.47 Å². The number of rotatable bonds is 12. The molecule has 0 saturated carbocycles. The molecule has 0 radical (unpaired) electrons. The Kier molecular flexibility index (Phi) is 13.4. The Balaban J connectivity index is 2.99. The van der Waals surface area contributed by atoms with Gasteiger partial charge in [0.15, 0.2) is 6.79 Å². The SMILES string of the molecule is CCCCCCOCOC=CCCCC=O. The van der Waals surface area contributed by atoms with E-state index in [0.29, 0.717) is 13.2 Å². The molecule has 0 aliphatic rings. The Labute approximate surface area is 98.8 Å². The number of aldehydes is 1. The predicted octanol–water partition coefficient (Wildman–Crippen LogP) is 3.44. The van der Waals surface area contributed by atoms with Gasteiger partial charge in [-0.2, -0.15) is 0 Å². The molecule has 0 aliphatic carbocycles. The van der Waals surface area contributed by atoms with Gasteiger partial charge in [0.05, 0.1) is 12.9 Å². The summed E-state index contributed by atoms with van der Waals surface area (Å²) >= 11 is 0. The van der Waals surface area contributed by atoms with Gasteiger partial charge in [0.1, 0.15) is 6.29 Å². The van der Waals surface area contributed by atoms with Crippen molar-refractivity contribution in [2.24, 2.45) is 0 Å². The van der Waals surface area contributed by atoms with Gasteiger partial charge < -0.3 is 14.3 Å². The fraction of sp³-hybridized carbons (Fsp3) is 0.769. The van der Waals surface area contributed by atoms with E-state index in [-0.39, 0.29) is 0 Å². The second kappa shape index (κ2) is 14.2. The Hall–Kier alpha value is -0.830. The molecule has 0 spiro atoms. The van der Waals surface area contributed by atoms with Crippen LogP contribution in [0.2, 0.25) is 0 Å². The molecule has 94 valence electrons. The molecule has 0 N–H and O–H groups in total. The molecule has 0 fully saturated rings. The summed E-state index contributed by atoms with van der Waals surface area (Å²) in [5, 5.41) is 0. The fourth-order valence-corrected chi connectivity index (χ4v) is 1.23. The summed E-state index contributed by atoms with van der Waals surface area (Å²) < 4.78 is 10.4. The second-order valence-electron chi connectivity index (χ2n) is 3.72. The molecule has 0 atom stereocenters. The van der Waals surface area contributed by atoms with Crippen molar-refractivity contribution < 1.29 is 14.3 Å². The highest BCUT2D eigenvalue weighted by molar-refractivity contribution is 5.48. The molecule has 0 bridgehead atoms. The molecule has 16 heavy (non-hydrogen) atoms. The lowest BCUT2D eigenvalue weighted by atomic mass is 10.2.